The maximum Gasteiger partial charge on any atom is 0.255 e. The molecular weight excluding hydrogens is 382 g/mol. The molecule has 0 radical (unpaired) electrons. The van der Waals surface area contributed by atoms with E-state index in [1.165, 1.54) is 0 Å². The Bertz CT molecular complexity index is 1190. The summed E-state index contributed by atoms with van der Waals surface area (Å²) < 4.78 is 12.8. The van der Waals surface area contributed by atoms with Crippen LogP contribution in [0.1, 0.15) is 47.3 Å². The number of fused-ring (bicyclic) bond motifs is 1. The van der Waals surface area contributed by atoms with Gasteiger partial charge >= 0.3 is 0 Å². The summed E-state index contributed by atoms with van der Waals surface area (Å²) in [6, 6.07) is 9.11. The zero-order valence-electron chi connectivity index (χ0n) is 17.3. The van der Waals surface area contributed by atoms with Gasteiger partial charge in [0, 0.05) is 17.0 Å². The van der Waals surface area contributed by atoms with Crippen molar-refractivity contribution >= 4 is 22.6 Å². The van der Waals surface area contributed by atoms with Crippen molar-refractivity contribution in [2.75, 3.05) is 5.32 Å². The Morgan fingerprint density at radius 3 is 2.80 bits per heavy atom. The summed E-state index contributed by atoms with van der Waals surface area (Å²) in [5.41, 5.74) is 3.59. The van der Waals surface area contributed by atoms with Crippen molar-refractivity contribution in [3.63, 3.8) is 0 Å². The second-order valence-electron chi connectivity index (χ2n) is 7.39. The maximum absolute atomic E-state index is 12.7. The number of anilines is 1. The molecule has 0 aliphatic heterocycles. The Kier molecular flexibility index (Phi) is 5.22. The maximum atomic E-state index is 12.7. The molecule has 8 nitrogen and oxygen atoms in total. The summed E-state index contributed by atoms with van der Waals surface area (Å²) in [6.45, 7) is 8.13. The molecule has 4 aromatic rings. The molecule has 3 aromatic heterocycles. The first kappa shape index (κ1) is 19.6. The largest absolute Gasteiger partial charge is 0.489 e. The van der Waals surface area contributed by atoms with E-state index in [0.29, 0.717) is 23.6 Å². The number of aromatic nitrogens is 4. The van der Waals surface area contributed by atoms with Crippen LogP contribution in [-0.4, -0.2) is 25.8 Å². The molecule has 0 unspecified atom stereocenters. The van der Waals surface area contributed by atoms with E-state index >= 15 is 0 Å². The Morgan fingerprint density at radius 2 is 2.07 bits per heavy atom. The van der Waals surface area contributed by atoms with Gasteiger partial charge in [0.05, 0.1) is 29.3 Å². The van der Waals surface area contributed by atoms with Gasteiger partial charge in [0.25, 0.3) is 5.91 Å². The van der Waals surface area contributed by atoms with Gasteiger partial charge in [-0.15, -0.1) is 0 Å². The van der Waals surface area contributed by atoms with Gasteiger partial charge in [-0.2, -0.15) is 5.10 Å². The number of hydrogen-bond acceptors (Lipinski definition) is 6. The average molecular weight is 405 g/mol. The van der Waals surface area contributed by atoms with Crippen molar-refractivity contribution < 1.29 is 14.1 Å². The minimum Gasteiger partial charge on any atom is -0.489 e. The standard InChI is InChI=1S/C22H23N5O3/c1-13(2)27-21-17(10-24-27)8-18(11-23-21)25-22(28)16-6-5-7-19(9-16)29-12-20-14(3)26-30-15(20)4/h5-11,13H,12H2,1-4H3,(H,25,28). The summed E-state index contributed by atoms with van der Waals surface area (Å²) in [5, 5.41) is 12.0. The van der Waals surface area contributed by atoms with Gasteiger partial charge in [-0.25, -0.2) is 9.67 Å². The van der Waals surface area contributed by atoms with Crippen LogP contribution in [0.5, 0.6) is 5.75 Å². The van der Waals surface area contributed by atoms with Crippen molar-refractivity contribution in [2.45, 2.75) is 40.3 Å². The van der Waals surface area contributed by atoms with Gasteiger partial charge in [0.1, 0.15) is 18.1 Å². The van der Waals surface area contributed by atoms with E-state index in [-0.39, 0.29) is 11.9 Å². The normalized spacial score (nSPS) is 11.2. The lowest BCUT2D eigenvalue weighted by Gasteiger charge is -2.09. The summed E-state index contributed by atoms with van der Waals surface area (Å²) in [7, 11) is 0. The number of amides is 1. The minimum atomic E-state index is -0.241. The van der Waals surface area contributed by atoms with Gasteiger partial charge in [-0.3, -0.25) is 4.79 Å². The van der Waals surface area contributed by atoms with E-state index in [1.807, 2.05) is 44.5 Å². The van der Waals surface area contributed by atoms with E-state index in [4.69, 9.17) is 9.26 Å². The van der Waals surface area contributed by atoms with Crippen LogP contribution >= 0.6 is 0 Å². The predicted octanol–water partition coefficient (Wildman–Crippen LogP) is 4.45. The van der Waals surface area contributed by atoms with Crippen LogP contribution in [0, 0.1) is 13.8 Å². The lowest BCUT2D eigenvalue weighted by atomic mass is 10.2. The zero-order chi connectivity index (χ0) is 21.3. The van der Waals surface area contributed by atoms with E-state index in [9.17, 15) is 4.79 Å². The number of hydrogen-bond donors (Lipinski definition) is 1. The Labute approximate surface area is 173 Å². The van der Waals surface area contributed by atoms with Crippen molar-refractivity contribution in [3.8, 4) is 5.75 Å². The molecule has 0 aliphatic rings. The first-order valence-corrected chi connectivity index (χ1v) is 9.71. The highest BCUT2D eigenvalue weighted by Gasteiger charge is 2.13. The topological polar surface area (TPSA) is 95.1 Å². The Hall–Kier alpha value is -3.68. The number of nitrogens with zero attached hydrogens (tertiary/aromatic N) is 4. The number of nitrogens with one attached hydrogen (secondary N) is 1. The molecule has 8 heteroatoms. The lowest BCUT2D eigenvalue weighted by molar-refractivity contribution is 0.102. The van der Waals surface area contributed by atoms with Crippen molar-refractivity contribution in [1.29, 1.82) is 0 Å². The van der Waals surface area contributed by atoms with Gasteiger partial charge in [0.15, 0.2) is 5.65 Å². The van der Waals surface area contributed by atoms with Gasteiger partial charge in [-0.05, 0) is 52.0 Å². The third-order valence-electron chi connectivity index (χ3n) is 4.84. The molecule has 0 fully saturated rings. The minimum absolute atomic E-state index is 0.212. The first-order chi connectivity index (χ1) is 14.4. The highest BCUT2D eigenvalue weighted by atomic mass is 16.5. The van der Waals surface area contributed by atoms with Gasteiger partial charge in [-0.1, -0.05) is 11.2 Å². The van der Waals surface area contributed by atoms with Crippen LogP contribution in [0.25, 0.3) is 11.0 Å². The number of rotatable bonds is 6. The number of benzene rings is 1. The molecule has 1 amide bonds. The highest BCUT2D eigenvalue weighted by molar-refractivity contribution is 6.05. The Balaban J connectivity index is 1.47. The van der Waals surface area contributed by atoms with Crippen LogP contribution in [0.4, 0.5) is 5.69 Å². The number of pyridine rings is 1. The SMILES string of the molecule is Cc1noc(C)c1COc1cccc(C(=O)Nc2cnc3c(cnn3C(C)C)c2)c1. The number of ether oxygens (including phenoxy) is 1. The van der Waals surface area contributed by atoms with Crippen molar-refractivity contribution in [2.24, 2.45) is 0 Å². The van der Waals surface area contributed by atoms with E-state index in [1.54, 1.807) is 30.6 Å². The summed E-state index contributed by atoms with van der Waals surface area (Å²) in [4.78, 5) is 17.2. The summed E-state index contributed by atoms with van der Waals surface area (Å²) >= 11 is 0. The van der Waals surface area contributed by atoms with Gasteiger partial charge < -0.3 is 14.6 Å². The fourth-order valence-electron chi connectivity index (χ4n) is 3.18. The average Bonchev–Trinajstić information content (AvgIpc) is 3.29. The monoisotopic (exact) mass is 405 g/mol. The molecule has 0 atom stereocenters. The third-order valence-corrected chi connectivity index (χ3v) is 4.84. The highest BCUT2D eigenvalue weighted by Crippen LogP contribution is 2.21. The second-order valence-corrected chi connectivity index (χ2v) is 7.39. The molecule has 0 aliphatic carbocycles. The smallest absolute Gasteiger partial charge is 0.255 e. The van der Waals surface area contributed by atoms with Crippen molar-refractivity contribution in [3.05, 3.63) is 65.3 Å². The molecule has 154 valence electrons. The van der Waals surface area contributed by atoms with Crippen LogP contribution in [0.15, 0.2) is 47.2 Å². The molecule has 1 aromatic carbocycles. The first-order valence-electron chi connectivity index (χ1n) is 9.71. The second kappa shape index (κ2) is 7.98. The number of carbonyl (C=O) groups is 1. The van der Waals surface area contributed by atoms with Crippen molar-refractivity contribution in [1.82, 2.24) is 19.9 Å². The molecule has 0 saturated carbocycles. The molecule has 30 heavy (non-hydrogen) atoms. The third kappa shape index (κ3) is 3.89. The summed E-state index contributed by atoms with van der Waals surface area (Å²) in [5.74, 6) is 1.08. The lowest BCUT2D eigenvalue weighted by Crippen LogP contribution is -2.12. The Morgan fingerprint density at radius 1 is 1.23 bits per heavy atom. The van der Waals surface area contributed by atoms with Crippen LogP contribution < -0.4 is 10.1 Å². The quantitative estimate of drug-likeness (QED) is 0.509. The molecule has 1 N–H and O–H groups in total. The molecular formula is C22H23N5O3. The number of aryl methyl sites for hydroxylation is 2. The molecule has 3 heterocycles. The van der Waals surface area contributed by atoms with Crippen LogP contribution in [0.2, 0.25) is 0 Å². The fourth-order valence-corrected chi connectivity index (χ4v) is 3.18. The molecule has 0 saturated heterocycles. The predicted molar refractivity (Wildman–Crippen MR) is 113 cm³/mol. The van der Waals surface area contributed by atoms with E-state index in [2.05, 4.69) is 20.6 Å². The molecule has 0 spiro atoms. The van der Waals surface area contributed by atoms with Crippen LogP contribution in [-0.2, 0) is 6.61 Å². The molecule has 4 rings (SSSR count). The van der Waals surface area contributed by atoms with E-state index < -0.39 is 0 Å². The van der Waals surface area contributed by atoms with Crippen LogP contribution in [0.3, 0.4) is 0 Å². The summed E-state index contributed by atoms with van der Waals surface area (Å²) in [6.07, 6.45) is 3.39. The zero-order valence-corrected chi connectivity index (χ0v) is 17.3. The molecule has 0 bridgehead atoms. The number of carbonyl (C=O) groups excluding carboxylic acids is 1. The van der Waals surface area contributed by atoms with Gasteiger partial charge in [0.2, 0.25) is 0 Å². The fraction of sp³-hybridized carbons (Fsp3) is 0.273. The van der Waals surface area contributed by atoms with E-state index in [0.717, 1.165) is 28.1 Å².